The first kappa shape index (κ1) is 26.1. The number of carbonyl (C=O) groups is 3. The summed E-state index contributed by atoms with van der Waals surface area (Å²) in [6, 6.07) is -0.772. The minimum absolute atomic E-state index is 0.162. The van der Waals surface area contributed by atoms with Crippen LogP contribution in [0.1, 0.15) is 52.9 Å². The van der Waals surface area contributed by atoms with Crippen molar-refractivity contribution >= 4 is 23.7 Å². The summed E-state index contributed by atoms with van der Waals surface area (Å²) >= 11 is 0. The van der Waals surface area contributed by atoms with Crippen molar-refractivity contribution in [3.8, 4) is 0 Å². The van der Waals surface area contributed by atoms with Crippen LogP contribution in [-0.2, 0) is 14.4 Å². The third-order valence-corrected chi connectivity index (χ3v) is 3.61. The van der Waals surface area contributed by atoms with E-state index in [1.807, 2.05) is 13.8 Å². The van der Waals surface area contributed by atoms with Gasteiger partial charge in [0.25, 0.3) is 5.96 Å². The molecule has 0 aliphatic carbocycles. The molecule has 0 aliphatic rings. The molecule has 0 aromatic heterocycles. The zero-order chi connectivity index (χ0) is 22.2. The van der Waals surface area contributed by atoms with E-state index >= 15 is 0 Å². The van der Waals surface area contributed by atoms with Crippen LogP contribution in [-0.4, -0.2) is 47.8 Å². The van der Waals surface area contributed by atoms with Crippen LogP contribution >= 0.6 is 0 Å². The van der Waals surface area contributed by atoms with Crippen LogP contribution in [0.25, 0.3) is 0 Å². The molecule has 0 aromatic carbocycles. The van der Waals surface area contributed by atoms with Gasteiger partial charge in [-0.05, 0) is 31.6 Å². The molecule has 0 bridgehead atoms. The van der Waals surface area contributed by atoms with E-state index in [4.69, 9.17) is 5.41 Å². The summed E-state index contributed by atoms with van der Waals surface area (Å²) in [5.74, 6) is -0.910. The SMILES string of the molecule is CC(=O)NCCCC(=O)N[C@@H](CCCNC(=N)N[N+](=O)[O-])C(=O)N[CH]CC(C)C. The van der Waals surface area contributed by atoms with Crippen molar-refractivity contribution in [2.24, 2.45) is 5.92 Å². The van der Waals surface area contributed by atoms with Gasteiger partial charge in [0.05, 0.1) is 0 Å². The van der Waals surface area contributed by atoms with Crippen LogP contribution in [0.15, 0.2) is 0 Å². The van der Waals surface area contributed by atoms with Gasteiger partial charge in [0, 0.05) is 33.0 Å². The van der Waals surface area contributed by atoms with Crippen molar-refractivity contribution in [1.29, 1.82) is 5.41 Å². The fourth-order valence-electron chi connectivity index (χ4n) is 2.19. The van der Waals surface area contributed by atoms with Crippen molar-refractivity contribution in [3.63, 3.8) is 0 Å². The van der Waals surface area contributed by atoms with Crippen molar-refractivity contribution in [3.05, 3.63) is 16.7 Å². The Kier molecular flexibility index (Phi) is 13.5. The lowest BCUT2D eigenvalue weighted by Gasteiger charge is -2.19. The maximum atomic E-state index is 12.4. The van der Waals surface area contributed by atoms with E-state index in [9.17, 15) is 24.5 Å². The monoisotopic (exact) mass is 414 g/mol. The quantitative estimate of drug-likeness (QED) is 0.0748. The van der Waals surface area contributed by atoms with Gasteiger partial charge in [-0.25, -0.2) is 10.1 Å². The standard InChI is InChI=1S/C17H32N7O5/c1-12(2)8-11-20-16(27)14(6-4-10-21-17(18)23-24(28)29)22-15(26)7-5-9-19-13(3)25/h11-12,14H,4-10H2,1-3H3,(H,19,25)(H,20,27)(H,22,26)(H3,18,21,23)/t14-/m0/s1. The van der Waals surface area contributed by atoms with E-state index in [2.05, 4.69) is 21.3 Å². The molecule has 12 heteroatoms. The largest absolute Gasteiger partial charge is 0.356 e. The molecule has 0 aliphatic heterocycles. The van der Waals surface area contributed by atoms with Crippen LogP contribution in [0.2, 0.25) is 0 Å². The Balaban J connectivity index is 4.49. The predicted molar refractivity (Wildman–Crippen MR) is 107 cm³/mol. The molecule has 1 atom stereocenters. The minimum Gasteiger partial charge on any atom is -0.356 e. The fourth-order valence-corrected chi connectivity index (χ4v) is 2.19. The molecule has 0 saturated heterocycles. The van der Waals surface area contributed by atoms with Gasteiger partial charge in [0.15, 0.2) is 5.03 Å². The van der Waals surface area contributed by atoms with Gasteiger partial charge in [-0.2, -0.15) is 0 Å². The third kappa shape index (κ3) is 15.8. The summed E-state index contributed by atoms with van der Waals surface area (Å²) in [4.78, 5) is 45.5. The second-order valence-electron chi connectivity index (χ2n) is 6.86. The zero-order valence-corrected chi connectivity index (χ0v) is 17.2. The molecule has 0 spiro atoms. The molecule has 0 fully saturated rings. The van der Waals surface area contributed by atoms with Crippen LogP contribution in [0.4, 0.5) is 0 Å². The number of carbonyl (C=O) groups excluding carboxylic acids is 3. The number of hydrazine groups is 1. The molecule has 12 nitrogen and oxygen atoms in total. The number of nitro groups is 1. The van der Waals surface area contributed by atoms with Crippen molar-refractivity contribution in [2.45, 2.75) is 58.9 Å². The van der Waals surface area contributed by atoms with E-state index in [-0.39, 0.29) is 37.1 Å². The van der Waals surface area contributed by atoms with E-state index in [1.54, 1.807) is 12.0 Å². The predicted octanol–water partition coefficient (Wildman–Crippen LogP) is -0.203. The molecular weight excluding hydrogens is 382 g/mol. The molecule has 6 N–H and O–H groups in total. The summed E-state index contributed by atoms with van der Waals surface area (Å²) in [5, 5.41) is 27.2. The topological polar surface area (TPSA) is 178 Å². The first-order chi connectivity index (χ1) is 13.6. The number of nitrogens with one attached hydrogen (secondary N) is 6. The normalized spacial score (nSPS) is 11.3. The summed E-state index contributed by atoms with van der Waals surface area (Å²) in [7, 11) is 0. The second kappa shape index (κ2) is 15.1. The highest BCUT2D eigenvalue weighted by Gasteiger charge is 2.20. The van der Waals surface area contributed by atoms with Gasteiger partial charge in [0.2, 0.25) is 17.7 Å². The lowest BCUT2D eigenvalue weighted by molar-refractivity contribution is -0.525. The molecule has 1 radical (unpaired) electrons. The highest BCUT2D eigenvalue weighted by molar-refractivity contribution is 5.87. The molecule has 0 saturated carbocycles. The molecule has 165 valence electrons. The highest BCUT2D eigenvalue weighted by Crippen LogP contribution is 2.03. The summed E-state index contributed by atoms with van der Waals surface area (Å²) in [6.45, 7) is 7.66. The first-order valence-corrected chi connectivity index (χ1v) is 9.51. The summed E-state index contributed by atoms with van der Waals surface area (Å²) in [5.41, 5.74) is 1.67. The van der Waals surface area contributed by atoms with Crippen molar-refractivity contribution < 1.29 is 19.4 Å². The Bertz CT molecular complexity index is 568. The number of rotatable bonds is 14. The van der Waals surface area contributed by atoms with Gasteiger partial charge in [-0.15, -0.1) is 0 Å². The van der Waals surface area contributed by atoms with Crippen LogP contribution in [0.3, 0.4) is 0 Å². The third-order valence-electron chi connectivity index (χ3n) is 3.61. The summed E-state index contributed by atoms with van der Waals surface area (Å²) < 4.78 is 0. The first-order valence-electron chi connectivity index (χ1n) is 9.51. The summed E-state index contributed by atoms with van der Waals surface area (Å²) in [6.07, 6.45) is 1.99. The lowest BCUT2D eigenvalue weighted by Crippen LogP contribution is -2.47. The average molecular weight is 414 g/mol. The molecule has 0 aromatic rings. The number of hydrogen-bond donors (Lipinski definition) is 6. The van der Waals surface area contributed by atoms with Crippen LogP contribution in [0.5, 0.6) is 0 Å². The number of amides is 3. The molecule has 0 heterocycles. The molecule has 29 heavy (non-hydrogen) atoms. The van der Waals surface area contributed by atoms with Crippen molar-refractivity contribution in [2.75, 3.05) is 13.1 Å². The number of guanidine groups is 1. The van der Waals surface area contributed by atoms with Crippen molar-refractivity contribution in [1.82, 2.24) is 26.7 Å². The Morgan fingerprint density at radius 3 is 2.38 bits per heavy atom. The van der Waals surface area contributed by atoms with Gasteiger partial charge in [0.1, 0.15) is 6.04 Å². The van der Waals surface area contributed by atoms with Gasteiger partial charge >= 0.3 is 0 Å². The second-order valence-corrected chi connectivity index (χ2v) is 6.86. The van der Waals surface area contributed by atoms with Gasteiger partial charge in [-0.1, -0.05) is 19.3 Å². The Morgan fingerprint density at radius 1 is 1.14 bits per heavy atom. The molecule has 0 unspecified atom stereocenters. The minimum atomic E-state index is -0.850. The Morgan fingerprint density at radius 2 is 1.79 bits per heavy atom. The number of nitrogens with zero attached hydrogens (tertiary/aromatic N) is 1. The fraction of sp³-hybridized carbons (Fsp3) is 0.706. The highest BCUT2D eigenvalue weighted by atomic mass is 16.7. The number of hydrogen-bond acceptors (Lipinski definition) is 6. The Labute approximate surface area is 170 Å². The van der Waals surface area contributed by atoms with Gasteiger partial charge in [-0.3, -0.25) is 19.8 Å². The molecule has 0 rings (SSSR count). The smallest absolute Gasteiger partial charge is 0.251 e. The average Bonchev–Trinajstić information content (AvgIpc) is 2.60. The maximum absolute atomic E-state index is 12.4. The maximum Gasteiger partial charge on any atom is 0.251 e. The van der Waals surface area contributed by atoms with E-state index in [0.717, 1.165) is 0 Å². The van der Waals surface area contributed by atoms with E-state index in [0.29, 0.717) is 31.7 Å². The Hall–Kier alpha value is -2.92. The lowest BCUT2D eigenvalue weighted by atomic mass is 10.1. The molecule has 3 amide bonds. The van der Waals surface area contributed by atoms with Gasteiger partial charge < -0.3 is 21.3 Å². The van der Waals surface area contributed by atoms with Crippen LogP contribution < -0.4 is 26.7 Å². The van der Waals surface area contributed by atoms with E-state index < -0.39 is 17.0 Å². The van der Waals surface area contributed by atoms with Crippen LogP contribution in [0, 0.1) is 28.0 Å². The zero-order valence-electron chi connectivity index (χ0n) is 17.2. The van der Waals surface area contributed by atoms with E-state index in [1.165, 1.54) is 6.92 Å². The molecular formula is C17H32N7O5.